The van der Waals surface area contributed by atoms with Crippen LogP contribution in [-0.2, 0) is 18.1 Å². The summed E-state index contributed by atoms with van der Waals surface area (Å²) >= 11 is 0. The summed E-state index contributed by atoms with van der Waals surface area (Å²) in [4.78, 5) is 0. The van der Waals surface area contributed by atoms with E-state index < -0.39 is 7.82 Å². The molecule has 0 aliphatic rings. The van der Waals surface area contributed by atoms with Crippen LogP contribution in [0.15, 0.2) is 30.8 Å². The van der Waals surface area contributed by atoms with Gasteiger partial charge in [-0.1, -0.05) is 6.58 Å². The molecule has 88 valence electrons. The average molecular weight is 246 g/mol. The molecule has 0 radical (unpaired) electrons. The van der Waals surface area contributed by atoms with Crippen molar-refractivity contribution < 1.29 is 22.5 Å². The van der Waals surface area contributed by atoms with E-state index in [9.17, 15) is 8.96 Å². The summed E-state index contributed by atoms with van der Waals surface area (Å²) in [6.07, 6.45) is 0. The maximum atomic E-state index is 12.6. The van der Waals surface area contributed by atoms with Crippen molar-refractivity contribution in [2.75, 3.05) is 14.2 Å². The van der Waals surface area contributed by atoms with Gasteiger partial charge < -0.3 is 4.52 Å². The molecule has 0 unspecified atom stereocenters. The van der Waals surface area contributed by atoms with Crippen LogP contribution in [0.4, 0.5) is 4.39 Å². The first kappa shape index (κ1) is 12.9. The summed E-state index contributed by atoms with van der Waals surface area (Å²) in [5, 5.41) is 0. The molecule has 4 nitrogen and oxygen atoms in total. The molecule has 0 bridgehead atoms. The van der Waals surface area contributed by atoms with Gasteiger partial charge in [0.15, 0.2) is 0 Å². The Morgan fingerprint density at radius 3 is 2.19 bits per heavy atom. The first-order valence-electron chi connectivity index (χ1n) is 4.36. The number of hydrogen-bond acceptors (Lipinski definition) is 4. The Hall–Kier alpha value is -1.16. The number of benzene rings is 1. The van der Waals surface area contributed by atoms with Crippen LogP contribution in [0, 0.1) is 5.82 Å². The minimum Gasteiger partial charge on any atom is -0.404 e. The third kappa shape index (κ3) is 3.17. The summed E-state index contributed by atoms with van der Waals surface area (Å²) in [5.41, 5.74) is 0.496. The normalized spacial score (nSPS) is 11.2. The molecular weight excluding hydrogens is 234 g/mol. The lowest BCUT2D eigenvalue weighted by atomic mass is 10.2. The van der Waals surface area contributed by atoms with Gasteiger partial charge in [-0.15, -0.1) is 0 Å². The summed E-state index contributed by atoms with van der Waals surface area (Å²) in [7, 11) is -1.21. The van der Waals surface area contributed by atoms with E-state index >= 15 is 0 Å². The largest absolute Gasteiger partial charge is 0.529 e. The van der Waals surface area contributed by atoms with Crippen LogP contribution >= 0.6 is 7.82 Å². The van der Waals surface area contributed by atoms with Crippen LogP contribution in [0.25, 0.3) is 5.76 Å². The average Bonchev–Trinajstić information content (AvgIpc) is 2.29. The number of phosphoric acid groups is 1. The van der Waals surface area contributed by atoms with Crippen molar-refractivity contribution in [2.45, 2.75) is 0 Å². The molecular formula is C10H12FO4P. The molecule has 0 N–H and O–H groups in total. The predicted molar refractivity (Wildman–Crippen MR) is 58.1 cm³/mol. The first-order chi connectivity index (χ1) is 7.50. The van der Waals surface area contributed by atoms with Gasteiger partial charge in [-0.3, -0.25) is 9.05 Å². The smallest absolute Gasteiger partial charge is 0.404 e. The summed E-state index contributed by atoms with van der Waals surface area (Å²) in [6.45, 7) is 3.56. The Morgan fingerprint density at radius 2 is 1.75 bits per heavy atom. The Labute approximate surface area is 93.3 Å². The Balaban J connectivity index is 2.80. The lowest BCUT2D eigenvalue weighted by molar-refractivity contribution is 0.201. The molecule has 0 atom stereocenters. The Bertz CT molecular complexity index is 407. The Morgan fingerprint density at radius 1 is 1.25 bits per heavy atom. The summed E-state index contributed by atoms with van der Waals surface area (Å²) in [5.74, 6) is -0.287. The molecule has 1 aromatic rings. The van der Waals surface area contributed by atoms with Crippen LogP contribution in [-0.4, -0.2) is 14.2 Å². The molecule has 0 fully saturated rings. The van der Waals surface area contributed by atoms with Crippen LogP contribution in [0.2, 0.25) is 0 Å². The van der Waals surface area contributed by atoms with Crippen LogP contribution in [0.5, 0.6) is 0 Å². The third-order valence-electron chi connectivity index (χ3n) is 1.84. The van der Waals surface area contributed by atoms with Crippen LogP contribution in [0.1, 0.15) is 5.56 Å². The lowest BCUT2D eigenvalue weighted by Gasteiger charge is -2.15. The molecule has 0 heterocycles. The van der Waals surface area contributed by atoms with Crippen molar-refractivity contribution >= 4 is 13.6 Å². The molecule has 16 heavy (non-hydrogen) atoms. The summed E-state index contributed by atoms with van der Waals surface area (Å²) < 4.78 is 38.4. The van der Waals surface area contributed by atoms with Gasteiger partial charge in [0.05, 0.1) is 0 Å². The molecule has 0 aromatic heterocycles. The zero-order valence-corrected chi connectivity index (χ0v) is 9.87. The van der Waals surface area contributed by atoms with Crippen molar-refractivity contribution in [2.24, 2.45) is 0 Å². The maximum absolute atomic E-state index is 12.6. The number of phosphoric ester groups is 1. The van der Waals surface area contributed by atoms with Gasteiger partial charge in [-0.2, -0.15) is 0 Å². The molecule has 0 aliphatic heterocycles. The van der Waals surface area contributed by atoms with Crippen molar-refractivity contribution in [3.8, 4) is 0 Å². The van der Waals surface area contributed by atoms with Gasteiger partial charge in [-0.05, 0) is 24.3 Å². The van der Waals surface area contributed by atoms with Crippen LogP contribution in [0.3, 0.4) is 0 Å². The van der Waals surface area contributed by atoms with E-state index in [-0.39, 0.29) is 11.6 Å². The topological polar surface area (TPSA) is 44.8 Å². The van der Waals surface area contributed by atoms with Crippen LogP contribution < -0.4 is 0 Å². The zero-order chi connectivity index (χ0) is 12.2. The van der Waals surface area contributed by atoms with E-state index in [0.29, 0.717) is 5.56 Å². The number of halogens is 1. The second-order valence-corrected chi connectivity index (χ2v) is 4.64. The van der Waals surface area contributed by atoms with E-state index in [1.807, 2.05) is 0 Å². The number of hydrogen-bond donors (Lipinski definition) is 0. The molecule has 0 amide bonds. The molecule has 1 aromatic carbocycles. The highest BCUT2D eigenvalue weighted by atomic mass is 31.2. The minimum absolute atomic E-state index is 0.0898. The van der Waals surface area contributed by atoms with Gasteiger partial charge in [0, 0.05) is 19.8 Å². The lowest BCUT2D eigenvalue weighted by Crippen LogP contribution is -1.94. The highest BCUT2D eigenvalue weighted by Crippen LogP contribution is 2.50. The second kappa shape index (κ2) is 5.25. The monoisotopic (exact) mass is 246 g/mol. The molecule has 1 rings (SSSR count). The van der Waals surface area contributed by atoms with E-state index in [4.69, 9.17) is 4.52 Å². The highest BCUT2D eigenvalue weighted by Gasteiger charge is 2.25. The fourth-order valence-corrected chi connectivity index (χ4v) is 1.65. The number of rotatable bonds is 5. The first-order valence-corrected chi connectivity index (χ1v) is 5.83. The molecule has 0 aliphatic carbocycles. The van der Waals surface area contributed by atoms with Crippen molar-refractivity contribution in [3.05, 3.63) is 42.2 Å². The van der Waals surface area contributed by atoms with E-state index in [1.165, 1.54) is 38.5 Å². The van der Waals surface area contributed by atoms with Crippen molar-refractivity contribution in [1.82, 2.24) is 0 Å². The van der Waals surface area contributed by atoms with Crippen molar-refractivity contribution in [3.63, 3.8) is 0 Å². The molecule has 0 saturated heterocycles. The quantitative estimate of drug-likeness (QED) is 0.591. The zero-order valence-electron chi connectivity index (χ0n) is 8.97. The minimum atomic E-state index is -3.61. The van der Waals surface area contributed by atoms with Gasteiger partial charge in [0.1, 0.15) is 11.6 Å². The molecule has 0 spiro atoms. The predicted octanol–water partition coefficient (Wildman–Crippen LogP) is 3.21. The van der Waals surface area contributed by atoms with Gasteiger partial charge in [0.2, 0.25) is 0 Å². The molecule has 6 heteroatoms. The molecule has 0 saturated carbocycles. The fraction of sp³-hybridized carbons (Fsp3) is 0.200. The van der Waals surface area contributed by atoms with Gasteiger partial charge >= 0.3 is 7.82 Å². The standard InChI is InChI=1S/C10H12FO4P/c1-8(15-16(12,13-2)14-3)9-4-6-10(11)7-5-9/h4-7H,1H2,2-3H3. The summed E-state index contributed by atoms with van der Waals surface area (Å²) in [6, 6.07) is 5.39. The van der Waals surface area contributed by atoms with Crippen molar-refractivity contribution in [1.29, 1.82) is 0 Å². The van der Waals surface area contributed by atoms with E-state index in [2.05, 4.69) is 15.6 Å². The fourth-order valence-electron chi connectivity index (χ4n) is 0.973. The Kier molecular flexibility index (Phi) is 4.24. The second-order valence-electron chi connectivity index (χ2n) is 2.83. The van der Waals surface area contributed by atoms with E-state index in [0.717, 1.165) is 0 Å². The SMILES string of the molecule is C=C(OP(=O)(OC)OC)c1ccc(F)cc1. The maximum Gasteiger partial charge on any atom is 0.529 e. The third-order valence-corrected chi connectivity index (χ3v) is 3.17. The van der Waals surface area contributed by atoms with Gasteiger partial charge in [-0.25, -0.2) is 8.96 Å². The van der Waals surface area contributed by atoms with Gasteiger partial charge in [0.25, 0.3) is 0 Å². The highest BCUT2D eigenvalue weighted by molar-refractivity contribution is 7.48. The van der Waals surface area contributed by atoms with E-state index in [1.54, 1.807) is 0 Å².